The lowest BCUT2D eigenvalue weighted by Gasteiger charge is -2.07. The van der Waals surface area contributed by atoms with Crippen molar-refractivity contribution in [2.24, 2.45) is 12.2 Å². The predicted molar refractivity (Wildman–Crippen MR) is 67.3 cm³/mol. The van der Waals surface area contributed by atoms with Crippen LogP contribution in [0.1, 0.15) is 6.92 Å². The van der Waals surface area contributed by atoms with Gasteiger partial charge in [0.25, 0.3) is 0 Å². The number of aromatic nitrogens is 2. The number of nitrogens with two attached hydrogens (primary N) is 1. The average Bonchev–Trinajstić information content (AvgIpc) is 2.57. The lowest BCUT2D eigenvalue weighted by atomic mass is 10.7. The molecular formula is C7H13N5O6S2. The molecule has 1 amide bonds. The first-order valence-corrected chi connectivity index (χ1v) is 8.12. The molecule has 0 aromatic carbocycles. The van der Waals surface area contributed by atoms with Gasteiger partial charge >= 0.3 is 16.3 Å². The van der Waals surface area contributed by atoms with Gasteiger partial charge in [-0.15, -0.1) is 0 Å². The Morgan fingerprint density at radius 3 is 2.55 bits per heavy atom. The van der Waals surface area contributed by atoms with Crippen LogP contribution in [0.2, 0.25) is 0 Å². The molecule has 1 aromatic rings. The fraction of sp³-hybridized carbons (Fsp3) is 0.429. The fourth-order valence-electron chi connectivity index (χ4n) is 1.17. The van der Waals surface area contributed by atoms with E-state index in [9.17, 15) is 21.6 Å². The lowest BCUT2D eigenvalue weighted by Crippen LogP contribution is -2.36. The van der Waals surface area contributed by atoms with Crippen molar-refractivity contribution >= 4 is 32.1 Å². The number of nitrogens with zero attached hydrogens (tertiary/aromatic N) is 2. The van der Waals surface area contributed by atoms with E-state index in [0.717, 1.165) is 10.9 Å². The van der Waals surface area contributed by atoms with Crippen LogP contribution in [-0.4, -0.2) is 39.3 Å². The van der Waals surface area contributed by atoms with Gasteiger partial charge in [0.1, 0.15) is 4.90 Å². The number of hydrogen-bond acceptors (Lipinski definition) is 7. The molecule has 1 rings (SSSR count). The maximum absolute atomic E-state index is 11.6. The van der Waals surface area contributed by atoms with Crippen molar-refractivity contribution in [3.63, 3.8) is 0 Å². The number of primary sulfonamides is 1. The molecule has 0 bridgehead atoms. The number of hydrogen-bond donors (Lipinski definition) is 3. The lowest BCUT2D eigenvalue weighted by molar-refractivity contribution is 0.159. The molecule has 0 aliphatic heterocycles. The molecule has 4 N–H and O–H groups in total. The summed E-state index contributed by atoms with van der Waals surface area (Å²) in [5, 5.41) is 8.50. The summed E-state index contributed by atoms with van der Waals surface area (Å²) in [5.74, 6) is -0.535. The Bertz CT molecular complexity index is 706. The van der Waals surface area contributed by atoms with Crippen LogP contribution in [0.25, 0.3) is 0 Å². The Labute approximate surface area is 115 Å². The molecule has 0 atom stereocenters. The van der Waals surface area contributed by atoms with Gasteiger partial charge in [-0.05, 0) is 6.92 Å². The van der Waals surface area contributed by atoms with E-state index in [1.54, 1.807) is 4.72 Å². The van der Waals surface area contributed by atoms with Gasteiger partial charge < -0.3 is 4.74 Å². The van der Waals surface area contributed by atoms with Crippen LogP contribution in [0.15, 0.2) is 11.1 Å². The number of rotatable bonds is 5. The molecule has 11 nitrogen and oxygen atoms in total. The van der Waals surface area contributed by atoms with E-state index in [2.05, 4.69) is 9.84 Å². The van der Waals surface area contributed by atoms with Crippen LogP contribution >= 0.6 is 0 Å². The van der Waals surface area contributed by atoms with Crippen LogP contribution in [0.4, 0.5) is 10.6 Å². The third kappa shape index (κ3) is 4.36. The van der Waals surface area contributed by atoms with Crippen molar-refractivity contribution in [3.05, 3.63) is 6.20 Å². The summed E-state index contributed by atoms with van der Waals surface area (Å²) in [6.45, 7) is 1.45. The van der Waals surface area contributed by atoms with Gasteiger partial charge in [-0.2, -0.15) is 13.5 Å². The number of carbonyl (C=O) groups excluding carboxylic acids is 1. The summed E-state index contributed by atoms with van der Waals surface area (Å²) in [6.07, 6.45) is -0.203. The predicted octanol–water partition coefficient (Wildman–Crippen LogP) is -1.53. The van der Waals surface area contributed by atoms with E-state index >= 15 is 0 Å². The second-order valence-electron chi connectivity index (χ2n) is 3.49. The summed E-state index contributed by atoms with van der Waals surface area (Å²) in [7, 11) is -7.21. The first-order chi connectivity index (χ1) is 9.05. The quantitative estimate of drug-likeness (QED) is 0.590. The number of carbonyl (C=O) groups is 1. The van der Waals surface area contributed by atoms with E-state index in [-0.39, 0.29) is 6.61 Å². The number of sulfonamides is 1. The Kier molecular flexibility index (Phi) is 4.57. The summed E-state index contributed by atoms with van der Waals surface area (Å²) in [5.41, 5.74) is 0. The minimum Gasteiger partial charge on any atom is -0.449 e. The highest BCUT2D eigenvalue weighted by molar-refractivity contribution is 7.91. The van der Waals surface area contributed by atoms with Gasteiger partial charge in [0.2, 0.25) is 10.0 Å². The van der Waals surface area contributed by atoms with E-state index in [0.29, 0.717) is 0 Å². The van der Waals surface area contributed by atoms with Gasteiger partial charge in [0.15, 0.2) is 5.82 Å². The number of nitrogens with one attached hydrogen (secondary N) is 2. The van der Waals surface area contributed by atoms with E-state index in [1.165, 1.54) is 18.7 Å². The minimum atomic E-state index is -4.40. The van der Waals surface area contributed by atoms with Crippen LogP contribution in [0.3, 0.4) is 0 Å². The highest BCUT2D eigenvalue weighted by atomic mass is 32.2. The third-order valence-electron chi connectivity index (χ3n) is 1.83. The third-order valence-corrected chi connectivity index (χ3v) is 3.64. The van der Waals surface area contributed by atoms with Gasteiger partial charge in [-0.25, -0.2) is 27.8 Å². The normalized spacial score (nSPS) is 11.9. The molecule has 0 spiro atoms. The highest BCUT2D eigenvalue weighted by Crippen LogP contribution is 2.18. The average molecular weight is 327 g/mol. The van der Waals surface area contributed by atoms with Crippen molar-refractivity contribution in [1.82, 2.24) is 14.5 Å². The first-order valence-electron chi connectivity index (χ1n) is 5.09. The molecule has 0 fully saturated rings. The SMILES string of the molecule is CCOC(=O)NS(=O)(=O)Nc1nn(C)cc1S(N)(=O)=O. The second-order valence-corrected chi connectivity index (χ2v) is 6.43. The summed E-state index contributed by atoms with van der Waals surface area (Å²) in [6, 6.07) is 0. The smallest absolute Gasteiger partial charge is 0.422 e. The van der Waals surface area contributed by atoms with Crippen LogP contribution < -0.4 is 14.6 Å². The number of amides is 1. The number of ether oxygens (including phenoxy) is 1. The molecule has 0 radical (unpaired) electrons. The van der Waals surface area contributed by atoms with Gasteiger partial charge in [-0.1, -0.05) is 0 Å². The van der Waals surface area contributed by atoms with E-state index in [1.807, 2.05) is 0 Å². The molecule has 0 unspecified atom stereocenters. The van der Waals surface area contributed by atoms with Crippen molar-refractivity contribution in [2.75, 3.05) is 11.3 Å². The van der Waals surface area contributed by atoms with Crippen molar-refractivity contribution < 1.29 is 26.4 Å². The molecule has 0 saturated carbocycles. The summed E-state index contributed by atoms with van der Waals surface area (Å²) < 4.78 is 54.3. The monoisotopic (exact) mass is 327 g/mol. The molecule has 0 saturated heterocycles. The molecule has 114 valence electrons. The summed E-state index contributed by atoms with van der Waals surface area (Å²) >= 11 is 0. The molecule has 1 aromatic heterocycles. The van der Waals surface area contributed by atoms with Crippen molar-refractivity contribution in [1.29, 1.82) is 0 Å². The fourth-order valence-corrected chi connectivity index (χ4v) is 2.63. The maximum atomic E-state index is 11.6. The Morgan fingerprint density at radius 2 is 2.05 bits per heavy atom. The molecule has 0 aliphatic rings. The standard InChI is InChI=1S/C7H13N5O6S2/c1-3-18-7(13)11-20(16,17)10-6-5(19(8,14)15)4-12(2)9-6/h4H,3H2,1-2H3,(H,9,10)(H,11,13)(H2,8,14,15). The van der Waals surface area contributed by atoms with Gasteiger partial charge in [0, 0.05) is 13.2 Å². The zero-order chi connectivity index (χ0) is 15.6. The minimum absolute atomic E-state index is 0.0344. The summed E-state index contributed by atoms with van der Waals surface area (Å²) in [4.78, 5) is 10.5. The van der Waals surface area contributed by atoms with E-state index < -0.39 is 37.0 Å². The van der Waals surface area contributed by atoms with Crippen molar-refractivity contribution in [3.8, 4) is 0 Å². The Morgan fingerprint density at radius 1 is 1.45 bits per heavy atom. The largest absolute Gasteiger partial charge is 0.449 e. The van der Waals surface area contributed by atoms with Gasteiger partial charge in [0.05, 0.1) is 6.61 Å². The maximum Gasteiger partial charge on any atom is 0.422 e. The highest BCUT2D eigenvalue weighted by Gasteiger charge is 2.23. The zero-order valence-electron chi connectivity index (χ0n) is 10.5. The second kappa shape index (κ2) is 5.64. The van der Waals surface area contributed by atoms with Crippen LogP contribution in [0.5, 0.6) is 0 Å². The van der Waals surface area contributed by atoms with Crippen LogP contribution in [-0.2, 0) is 32.0 Å². The van der Waals surface area contributed by atoms with Crippen molar-refractivity contribution in [2.45, 2.75) is 11.8 Å². The molecule has 20 heavy (non-hydrogen) atoms. The van der Waals surface area contributed by atoms with Crippen LogP contribution in [0, 0.1) is 0 Å². The van der Waals surface area contributed by atoms with E-state index in [4.69, 9.17) is 5.14 Å². The Hall–Kier alpha value is -1.86. The zero-order valence-corrected chi connectivity index (χ0v) is 12.2. The number of aryl methyl sites for hydroxylation is 1. The topological polar surface area (TPSA) is 162 Å². The molecule has 1 heterocycles. The molecule has 0 aliphatic carbocycles. The van der Waals surface area contributed by atoms with Gasteiger partial charge in [-0.3, -0.25) is 4.68 Å². The number of anilines is 1. The molecule has 13 heteroatoms. The first kappa shape index (κ1) is 16.2. The molecular weight excluding hydrogens is 314 g/mol. The Balaban J connectivity index is 3.02.